The number of carbonyl (C=O) groups is 3. The average Bonchev–Trinajstić information content (AvgIpc) is 3.20. The number of hydrogen-bond acceptors (Lipinski definition) is 7. The van der Waals surface area contributed by atoms with Crippen molar-refractivity contribution >= 4 is 44.4 Å². The molecular weight excluding hydrogens is 382 g/mol. The predicted molar refractivity (Wildman–Crippen MR) is 103 cm³/mol. The number of rotatable bonds is 5. The first-order valence-electron chi connectivity index (χ1n) is 8.29. The number of hydrogen-bond donors (Lipinski definition) is 1. The third-order valence-corrected chi connectivity index (χ3v) is 5.25. The number of nitrogens with one attached hydrogen (secondary N) is 1. The molecule has 4 rings (SSSR count). The average molecular weight is 397 g/mol. The summed E-state index contributed by atoms with van der Waals surface area (Å²) in [6.07, 6.45) is 0. The van der Waals surface area contributed by atoms with Gasteiger partial charge in [-0.15, -0.1) is 0 Å². The molecule has 0 fully saturated rings. The largest absolute Gasteiger partial charge is 0.493 e. The van der Waals surface area contributed by atoms with Crippen molar-refractivity contribution in [1.82, 2.24) is 9.88 Å². The van der Waals surface area contributed by atoms with Gasteiger partial charge in [-0.3, -0.25) is 19.3 Å². The van der Waals surface area contributed by atoms with Gasteiger partial charge in [-0.1, -0.05) is 23.5 Å². The number of fused-ring (bicyclic) bond motifs is 2. The van der Waals surface area contributed by atoms with Gasteiger partial charge < -0.3 is 14.8 Å². The van der Waals surface area contributed by atoms with Gasteiger partial charge in [0.25, 0.3) is 11.8 Å². The SMILES string of the molecule is COc1cc2nc(NC(=O)CN3C(=O)c4ccccc4C3=O)sc2cc1OC. The molecule has 1 aliphatic rings. The lowest BCUT2D eigenvalue weighted by atomic mass is 10.1. The number of anilines is 1. The van der Waals surface area contributed by atoms with Gasteiger partial charge in [0.1, 0.15) is 6.54 Å². The van der Waals surface area contributed by atoms with E-state index in [1.165, 1.54) is 25.6 Å². The maximum atomic E-state index is 12.4. The number of thiazole rings is 1. The van der Waals surface area contributed by atoms with Crippen LogP contribution in [0.15, 0.2) is 36.4 Å². The molecule has 8 nitrogen and oxygen atoms in total. The number of aromatic nitrogens is 1. The Morgan fingerprint density at radius 1 is 1.07 bits per heavy atom. The number of carbonyl (C=O) groups excluding carboxylic acids is 3. The Balaban J connectivity index is 1.51. The molecule has 0 atom stereocenters. The van der Waals surface area contributed by atoms with Gasteiger partial charge in [0.15, 0.2) is 16.6 Å². The third kappa shape index (κ3) is 2.95. The van der Waals surface area contributed by atoms with Crippen molar-refractivity contribution in [2.45, 2.75) is 0 Å². The van der Waals surface area contributed by atoms with E-state index < -0.39 is 17.7 Å². The van der Waals surface area contributed by atoms with Crippen molar-refractivity contribution in [3.05, 3.63) is 47.5 Å². The quantitative estimate of drug-likeness (QED) is 0.665. The van der Waals surface area contributed by atoms with Gasteiger partial charge in [0, 0.05) is 12.1 Å². The fourth-order valence-electron chi connectivity index (χ4n) is 2.99. The maximum absolute atomic E-state index is 12.4. The van der Waals surface area contributed by atoms with E-state index in [9.17, 15) is 14.4 Å². The summed E-state index contributed by atoms with van der Waals surface area (Å²) in [4.78, 5) is 42.4. The summed E-state index contributed by atoms with van der Waals surface area (Å²) < 4.78 is 11.3. The fourth-order valence-corrected chi connectivity index (χ4v) is 3.89. The molecule has 9 heteroatoms. The normalized spacial score (nSPS) is 13.0. The van der Waals surface area contributed by atoms with E-state index >= 15 is 0 Å². The van der Waals surface area contributed by atoms with Crippen LogP contribution in [0.5, 0.6) is 11.5 Å². The summed E-state index contributed by atoms with van der Waals surface area (Å²) in [5.41, 5.74) is 1.25. The number of methoxy groups -OCH3 is 2. The van der Waals surface area contributed by atoms with Crippen molar-refractivity contribution in [2.24, 2.45) is 0 Å². The Bertz CT molecular complexity index is 1050. The molecule has 28 heavy (non-hydrogen) atoms. The highest BCUT2D eigenvalue weighted by Gasteiger charge is 2.36. The molecule has 0 spiro atoms. The third-order valence-electron chi connectivity index (χ3n) is 4.32. The molecular formula is C19H15N3O5S. The molecule has 0 bridgehead atoms. The van der Waals surface area contributed by atoms with Gasteiger partial charge in [0.2, 0.25) is 5.91 Å². The standard InChI is InChI=1S/C19H15N3O5S/c1-26-13-7-12-15(8-14(13)27-2)28-19(20-12)21-16(23)9-22-17(24)10-5-3-4-6-11(10)18(22)25/h3-8H,9H2,1-2H3,(H,20,21,23). The van der Waals surface area contributed by atoms with Gasteiger partial charge in [-0.25, -0.2) is 4.98 Å². The summed E-state index contributed by atoms with van der Waals surface area (Å²) in [7, 11) is 3.07. The molecule has 0 saturated heterocycles. The van der Waals surface area contributed by atoms with Gasteiger partial charge in [-0.2, -0.15) is 0 Å². The van der Waals surface area contributed by atoms with Gasteiger partial charge in [-0.05, 0) is 12.1 Å². The Kier molecular flexibility index (Phi) is 4.44. The van der Waals surface area contributed by atoms with Crippen molar-refractivity contribution in [1.29, 1.82) is 0 Å². The lowest BCUT2D eigenvalue weighted by Gasteiger charge is -2.12. The van der Waals surface area contributed by atoms with Crippen LogP contribution < -0.4 is 14.8 Å². The van der Waals surface area contributed by atoms with Crippen LogP contribution in [0.2, 0.25) is 0 Å². The van der Waals surface area contributed by atoms with Crippen molar-refractivity contribution in [3.63, 3.8) is 0 Å². The summed E-state index contributed by atoms with van der Waals surface area (Å²) in [6, 6.07) is 9.98. The number of benzene rings is 2. The smallest absolute Gasteiger partial charge is 0.262 e. The minimum Gasteiger partial charge on any atom is -0.493 e. The molecule has 0 aliphatic carbocycles. The monoisotopic (exact) mass is 397 g/mol. The van der Waals surface area contributed by atoms with Crippen LogP contribution in [0.4, 0.5) is 5.13 Å². The van der Waals surface area contributed by atoms with E-state index in [4.69, 9.17) is 9.47 Å². The van der Waals surface area contributed by atoms with Crippen LogP contribution >= 0.6 is 11.3 Å². The molecule has 1 aromatic heterocycles. The number of ether oxygens (including phenoxy) is 2. The summed E-state index contributed by atoms with van der Waals surface area (Å²) in [6.45, 7) is -0.380. The van der Waals surface area contributed by atoms with Crippen LogP contribution in [-0.4, -0.2) is 48.4 Å². The molecule has 2 heterocycles. The second kappa shape index (κ2) is 6.93. The van der Waals surface area contributed by atoms with Gasteiger partial charge in [0.05, 0.1) is 35.6 Å². The molecule has 0 unspecified atom stereocenters. The van der Waals surface area contributed by atoms with Gasteiger partial charge >= 0.3 is 0 Å². The summed E-state index contributed by atoms with van der Waals surface area (Å²) in [5.74, 6) is -0.372. The fraction of sp³-hybridized carbons (Fsp3) is 0.158. The van der Waals surface area contributed by atoms with E-state index in [-0.39, 0.29) is 6.54 Å². The second-order valence-electron chi connectivity index (χ2n) is 5.98. The molecule has 3 amide bonds. The van der Waals surface area contributed by atoms with Crippen LogP contribution in [0.25, 0.3) is 10.2 Å². The number of amides is 3. The molecule has 2 aromatic carbocycles. The van der Waals surface area contributed by atoms with Crippen LogP contribution in [0.1, 0.15) is 20.7 Å². The maximum Gasteiger partial charge on any atom is 0.262 e. The van der Waals surface area contributed by atoms with E-state index in [0.717, 1.165) is 9.60 Å². The molecule has 0 saturated carbocycles. The van der Waals surface area contributed by atoms with E-state index in [2.05, 4.69) is 10.3 Å². The first-order valence-corrected chi connectivity index (χ1v) is 9.11. The predicted octanol–water partition coefficient (Wildman–Crippen LogP) is 2.55. The minimum atomic E-state index is -0.507. The lowest BCUT2D eigenvalue weighted by Crippen LogP contribution is -2.37. The summed E-state index contributed by atoms with van der Waals surface area (Å²) in [5, 5.41) is 3.00. The highest BCUT2D eigenvalue weighted by molar-refractivity contribution is 7.22. The van der Waals surface area contributed by atoms with Crippen molar-refractivity contribution in [2.75, 3.05) is 26.1 Å². The Labute approximate surface area is 163 Å². The summed E-state index contributed by atoms with van der Waals surface area (Å²) >= 11 is 1.25. The molecule has 3 aromatic rings. The zero-order valence-electron chi connectivity index (χ0n) is 15.0. The molecule has 1 aliphatic heterocycles. The van der Waals surface area contributed by atoms with E-state index in [0.29, 0.717) is 33.3 Å². The lowest BCUT2D eigenvalue weighted by molar-refractivity contribution is -0.116. The molecule has 142 valence electrons. The van der Waals surface area contributed by atoms with E-state index in [1.54, 1.807) is 36.4 Å². The number of nitrogens with zero attached hydrogens (tertiary/aromatic N) is 2. The first-order chi connectivity index (χ1) is 13.5. The number of imide groups is 1. The Hall–Kier alpha value is -3.46. The highest BCUT2D eigenvalue weighted by atomic mass is 32.1. The highest BCUT2D eigenvalue weighted by Crippen LogP contribution is 2.36. The van der Waals surface area contributed by atoms with E-state index in [1.807, 2.05) is 0 Å². The Morgan fingerprint density at radius 3 is 2.29 bits per heavy atom. The topological polar surface area (TPSA) is 97.8 Å². The molecule has 0 radical (unpaired) electrons. The Morgan fingerprint density at radius 2 is 1.68 bits per heavy atom. The van der Waals surface area contributed by atoms with Crippen LogP contribution in [0.3, 0.4) is 0 Å². The van der Waals surface area contributed by atoms with Crippen LogP contribution in [0, 0.1) is 0 Å². The first kappa shape index (κ1) is 17.9. The van der Waals surface area contributed by atoms with Crippen LogP contribution in [-0.2, 0) is 4.79 Å². The van der Waals surface area contributed by atoms with Crippen molar-refractivity contribution < 1.29 is 23.9 Å². The minimum absolute atomic E-state index is 0.305. The zero-order valence-corrected chi connectivity index (χ0v) is 15.8. The van der Waals surface area contributed by atoms with Crippen molar-refractivity contribution in [3.8, 4) is 11.5 Å². The molecule has 1 N–H and O–H groups in total. The zero-order chi connectivity index (χ0) is 19.8. The second-order valence-corrected chi connectivity index (χ2v) is 7.01.